The Kier molecular flexibility index (Phi) is 3.68. The van der Waals surface area contributed by atoms with Crippen LogP contribution < -0.4 is 10.6 Å². The lowest BCUT2D eigenvalue weighted by Crippen LogP contribution is -2.12. The van der Waals surface area contributed by atoms with E-state index in [1.165, 1.54) is 22.5 Å². The summed E-state index contributed by atoms with van der Waals surface area (Å²) < 4.78 is 0. The summed E-state index contributed by atoms with van der Waals surface area (Å²) in [7, 11) is 2.09. The normalized spacial score (nSPS) is 10.4. The summed E-state index contributed by atoms with van der Waals surface area (Å²) in [5, 5.41) is 0. The Hall–Kier alpha value is -1.80. The number of hydrogen-bond acceptors (Lipinski definition) is 2. The molecule has 2 aromatic carbocycles. The van der Waals surface area contributed by atoms with Crippen LogP contribution in [0.15, 0.2) is 42.5 Å². The van der Waals surface area contributed by atoms with Crippen molar-refractivity contribution in [1.29, 1.82) is 0 Å². The number of aryl methyl sites for hydroxylation is 1. The van der Waals surface area contributed by atoms with Crippen molar-refractivity contribution < 1.29 is 0 Å². The predicted octanol–water partition coefficient (Wildman–Crippen LogP) is 3.53. The SMILES string of the molecule is Cc1cccc(N(C)c2cccc(CN)c2)c1C. The van der Waals surface area contributed by atoms with Crippen LogP contribution >= 0.6 is 0 Å². The minimum absolute atomic E-state index is 0.578. The van der Waals surface area contributed by atoms with E-state index in [9.17, 15) is 0 Å². The zero-order chi connectivity index (χ0) is 13.1. The van der Waals surface area contributed by atoms with Crippen LogP contribution in [0.5, 0.6) is 0 Å². The Bertz CT molecular complexity index is 547. The number of rotatable bonds is 3. The van der Waals surface area contributed by atoms with E-state index in [2.05, 4.69) is 68.3 Å². The van der Waals surface area contributed by atoms with E-state index in [0.29, 0.717) is 6.54 Å². The molecule has 2 heteroatoms. The Morgan fingerprint density at radius 1 is 1.06 bits per heavy atom. The number of hydrogen-bond donors (Lipinski definition) is 1. The van der Waals surface area contributed by atoms with Gasteiger partial charge in [0.25, 0.3) is 0 Å². The van der Waals surface area contributed by atoms with E-state index < -0.39 is 0 Å². The van der Waals surface area contributed by atoms with Gasteiger partial charge in [-0.25, -0.2) is 0 Å². The van der Waals surface area contributed by atoms with Crippen molar-refractivity contribution in [3.63, 3.8) is 0 Å². The lowest BCUT2D eigenvalue weighted by Gasteiger charge is -2.23. The maximum atomic E-state index is 5.69. The van der Waals surface area contributed by atoms with E-state index in [1.54, 1.807) is 0 Å². The van der Waals surface area contributed by atoms with Crippen LogP contribution in [0.4, 0.5) is 11.4 Å². The Morgan fingerprint density at radius 2 is 1.78 bits per heavy atom. The molecule has 0 amide bonds. The number of nitrogens with zero attached hydrogens (tertiary/aromatic N) is 1. The molecule has 0 unspecified atom stereocenters. The van der Waals surface area contributed by atoms with E-state index in [4.69, 9.17) is 5.73 Å². The van der Waals surface area contributed by atoms with Crippen LogP contribution in [0.25, 0.3) is 0 Å². The molecule has 0 aliphatic carbocycles. The fourth-order valence-corrected chi connectivity index (χ4v) is 2.13. The molecule has 2 nitrogen and oxygen atoms in total. The van der Waals surface area contributed by atoms with Gasteiger partial charge in [0.05, 0.1) is 0 Å². The van der Waals surface area contributed by atoms with Gasteiger partial charge in [0.2, 0.25) is 0 Å². The van der Waals surface area contributed by atoms with Crippen LogP contribution in [0.3, 0.4) is 0 Å². The average molecular weight is 240 g/mol. The Morgan fingerprint density at radius 3 is 2.50 bits per heavy atom. The van der Waals surface area contributed by atoms with Crippen LogP contribution in [0.2, 0.25) is 0 Å². The number of nitrogens with two attached hydrogens (primary N) is 1. The second-order valence-corrected chi connectivity index (χ2v) is 4.65. The standard InChI is InChI=1S/C16H20N2/c1-12-6-4-9-16(13(12)2)18(3)15-8-5-7-14(10-15)11-17/h4-10H,11,17H2,1-3H3. The molecule has 0 atom stereocenters. The lowest BCUT2D eigenvalue weighted by molar-refractivity contribution is 1.06. The Labute approximate surface area is 109 Å². The van der Waals surface area contributed by atoms with E-state index in [-0.39, 0.29) is 0 Å². The van der Waals surface area contributed by atoms with Crippen molar-refractivity contribution in [2.45, 2.75) is 20.4 Å². The molecule has 18 heavy (non-hydrogen) atoms. The highest BCUT2D eigenvalue weighted by molar-refractivity contribution is 5.67. The average Bonchev–Trinajstić information content (AvgIpc) is 2.41. The highest BCUT2D eigenvalue weighted by Gasteiger charge is 2.08. The summed E-state index contributed by atoms with van der Waals surface area (Å²) >= 11 is 0. The molecule has 2 N–H and O–H groups in total. The molecule has 0 radical (unpaired) electrons. The number of anilines is 2. The fourth-order valence-electron chi connectivity index (χ4n) is 2.13. The van der Waals surface area contributed by atoms with Gasteiger partial charge in [-0.1, -0.05) is 24.3 Å². The molecule has 0 aliphatic heterocycles. The number of benzene rings is 2. The predicted molar refractivity (Wildman–Crippen MR) is 78.3 cm³/mol. The molecular weight excluding hydrogens is 220 g/mol. The molecule has 0 aromatic heterocycles. The van der Waals surface area contributed by atoms with Gasteiger partial charge in [-0.3, -0.25) is 0 Å². The summed E-state index contributed by atoms with van der Waals surface area (Å²) in [5.74, 6) is 0. The Balaban J connectivity index is 2.41. The van der Waals surface area contributed by atoms with Crippen molar-refractivity contribution in [3.8, 4) is 0 Å². The third-order valence-electron chi connectivity index (χ3n) is 3.47. The van der Waals surface area contributed by atoms with Crippen molar-refractivity contribution in [1.82, 2.24) is 0 Å². The molecule has 0 aliphatic rings. The van der Waals surface area contributed by atoms with Crippen LogP contribution in [-0.2, 0) is 6.54 Å². The van der Waals surface area contributed by atoms with E-state index in [0.717, 1.165) is 5.56 Å². The van der Waals surface area contributed by atoms with Crippen molar-refractivity contribution in [3.05, 3.63) is 59.2 Å². The third kappa shape index (κ3) is 2.39. The first-order valence-corrected chi connectivity index (χ1v) is 6.22. The van der Waals surface area contributed by atoms with E-state index in [1.807, 2.05) is 0 Å². The fraction of sp³-hybridized carbons (Fsp3) is 0.250. The molecule has 2 rings (SSSR count). The van der Waals surface area contributed by atoms with Gasteiger partial charge in [0.1, 0.15) is 0 Å². The first-order valence-electron chi connectivity index (χ1n) is 6.22. The molecule has 0 fully saturated rings. The van der Waals surface area contributed by atoms with Crippen molar-refractivity contribution >= 4 is 11.4 Å². The minimum Gasteiger partial charge on any atom is -0.344 e. The van der Waals surface area contributed by atoms with Gasteiger partial charge in [-0.2, -0.15) is 0 Å². The lowest BCUT2D eigenvalue weighted by atomic mass is 10.1. The molecule has 2 aromatic rings. The van der Waals surface area contributed by atoms with Gasteiger partial charge in [-0.15, -0.1) is 0 Å². The largest absolute Gasteiger partial charge is 0.344 e. The second kappa shape index (κ2) is 5.23. The van der Waals surface area contributed by atoms with Crippen molar-refractivity contribution in [2.75, 3.05) is 11.9 Å². The second-order valence-electron chi connectivity index (χ2n) is 4.65. The minimum atomic E-state index is 0.578. The molecule has 0 spiro atoms. The summed E-state index contributed by atoms with van der Waals surface area (Å²) in [5.41, 5.74) is 11.9. The third-order valence-corrected chi connectivity index (χ3v) is 3.47. The van der Waals surface area contributed by atoms with Crippen LogP contribution in [0.1, 0.15) is 16.7 Å². The maximum absolute atomic E-state index is 5.69. The molecule has 0 saturated carbocycles. The smallest absolute Gasteiger partial charge is 0.0440 e. The van der Waals surface area contributed by atoms with Gasteiger partial charge >= 0.3 is 0 Å². The summed E-state index contributed by atoms with van der Waals surface area (Å²) in [6, 6.07) is 14.8. The van der Waals surface area contributed by atoms with Gasteiger partial charge in [-0.05, 0) is 48.7 Å². The first kappa shape index (κ1) is 12.7. The van der Waals surface area contributed by atoms with Gasteiger partial charge in [0.15, 0.2) is 0 Å². The summed E-state index contributed by atoms with van der Waals surface area (Å²) in [6.45, 7) is 4.88. The monoisotopic (exact) mass is 240 g/mol. The van der Waals surface area contributed by atoms with Gasteiger partial charge in [0, 0.05) is 25.0 Å². The first-order chi connectivity index (χ1) is 8.63. The summed E-state index contributed by atoms with van der Waals surface area (Å²) in [6.07, 6.45) is 0. The molecule has 0 saturated heterocycles. The van der Waals surface area contributed by atoms with Crippen LogP contribution in [0, 0.1) is 13.8 Å². The molecule has 0 bridgehead atoms. The molecule has 0 heterocycles. The van der Waals surface area contributed by atoms with Crippen molar-refractivity contribution in [2.24, 2.45) is 5.73 Å². The van der Waals surface area contributed by atoms with E-state index >= 15 is 0 Å². The maximum Gasteiger partial charge on any atom is 0.0440 e. The highest BCUT2D eigenvalue weighted by Crippen LogP contribution is 2.28. The topological polar surface area (TPSA) is 29.3 Å². The van der Waals surface area contributed by atoms with Gasteiger partial charge < -0.3 is 10.6 Å². The zero-order valence-electron chi connectivity index (χ0n) is 11.3. The molecular formula is C16H20N2. The highest BCUT2D eigenvalue weighted by atomic mass is 15.1. The summed E-state index contributed by atoms with van der Waals surface area (Å²) in [4.78, 5) is 2.21. The quantitative estimate of drug-likeness (QED) is 0.889. The zero-order valence-corrected chi connectivity index (χ0v) is 11.3. The molecule has 94 valence electrons. The van der Waals surface area contributed by atoms with Crippen LogP contribution in [-0.4, -0.2) is 7.05 Å².